The van der Waals surface area contributed by atoms with Gasteiger partial charge in [-0.3, -0.25) is 9.59 Å². The van der Waals surface area contributed by atoms with Gasteiger partial charge in [0.15, 0.2) is 0 Å². The molecule has 5 rings (SSSR count). The average molecular weight is 556 g/mol. The summed E-state index contributed by atoms with van der Waals surface area (Å²) < 4.78 is 5.88. The molecule has 2 heterocycles. The Morgan fingerprint density at radius 3 is 2.48 bits per heavy atom. The number of nitrogens with zero attached hydrogens (tertiary/aromatic N) is 3. The van der Waals surface area contributed by atoms with Gasteiger partial charge in [0.05, 0.1) is 45.4 Å². The summed E-state index contributed by atoms with van der Waals surface area (Å²) in [5.74, 6) is -0.743. The summed E-state index contributed by atoms with van der Waals surface area (Å²) in [4.78, 5) is 46.1. The van der Waals surface area contributed by atoms with Gasteiger partial charge in [0.1, 0.15) is 0 Å². The Bertz CT molecular complexity index is 1640. The second kappa shape index (κ2) is 11.3. The van der Waals surface area contributed by atoms with E-state index in [1.165, 1.54) is 7.11 Å². The minimum Gasteiger partial charge on any atom is -0.465 e. The lowest BCUT2D eigenvalue weighted by molar-refractivity contribution is -0.118. The van der Waals surface area contributed by atoms with Crippen LogP contribution >= 0.6 is 11.3 Å². The number of amides is 2. The van der Waals surface area contributed by atoms with E-state index in [-0.39, 0.29) is 11.8 Å². The molecule has 0 fully saturated rings. The number of hydrogen-bond acceptors (Lipinski definition) is 8. The van der Waals surface area contributed by atoms with Gasteiger partial charge in [-0.2, -0.15) is 0 Å². The van der Waals surface area contributed by atoms with Crippen molar-refractivity contribution in [3.63, 3.8) is 0 Å². The number of rotatable bonds is 8. The van der Waals surface area contributed by atoms with Gasteiger partial charge in [0, 0.05) is 42.5 Å². The molecule has 0 radical (unpaired) electrons. The second-order valence-electron chi connectivity index (χ2n) is 9.67. The minimum atomic E-state index is -0.480. The number of carbonyl (C=O) groups excluding carboxylic acids is 3. The quantitative estimate of drug-likeness (QED) is 0.235. The lowest BCUT2D eigenvalue weighted by Gasteiger charge is -2.20. The zero-order valence-electron chi connectivity index (χ0n) is 22.6. The van der Waals surface area contributed by atoms with E-state index < -0.39 is 5.97 Å². The van der Waals surface area contributed by atoms with Crippen LogP contribution in [0.1, 0.15) is 27.9 Å². The van der Waals surface area contributed by atoms with Crippen LogP contribution in [0.2, 0.25) is 0 Å². The lowest BCUT2D eigenvalue weighted by Crippen LogP contribution is -2.29. The largest absolute Gasteiger partial charge is 0.465 e. The molecule has 0 aliphatic carbocycles. The molecule has 4 aromatic rings. The molecule has 204 valence electrons. The first-order valence-electron chi connectivity index (χ1n) is 12.7. The van der Waals surface area contributed by atoms with Crippen LogP contribution in [-0.2, 0) is 14.3 Å². The van der Waals surface area contributed by atoms with Gasteiger partial charge >= 0.3 is 5.97 Å². The number of ether oxygens (including phenoxy) is 1. The van der Waals surface area contributed by atoms with Gasteiger partial charge in [-0.15, -0.1) is 11.3 Å². The number of benzene rings is 3. The first kappa shape index (κ1) is 27.0. The van der Waals surface area contributed by atoms with Crippen molar-refractivity contribution >= 4 is 67.7 Å². The van der Waals surface area contributed by atoms with Gasteiger partial charge < -0.3 is 25.2 Å². The topological polar surface area (TPSA) is 104 Å². The highest BCUT2D eigenvalue weighted by molar-refractivity contribution is 7.16. The molecule has 0 saturated carbocycles. The third kappa shape index (κ3) is 5.45. The van der Waals surface area contributed by atoms with Crippen molar-refractivity contribution in [3.05, 3.63) is 82.9 Å². The van der Waals surface area contributed by atoms with Crippen LogP contribution in [0.15, 0.2) is 66.2 Å². The summed E-state index contributed by atoms with van der Waals surface area (Å²) in [7, 11) is 6.96. The summed E-state index contributed by atoms with van der Waals surface area (Å²) in [5.41, 5.74) is 7.51. The number of carbonyl (C=O) groups is 3. The number of fused-ring (bicyclic) bond motifs is 2. The van der Waals surface area contributed by atoms with Crippen LogP contribution < -0.4 is 15.5 Å². The van der Waals surface area contributed by atoms with Crippen LogP contribution in [0.3, 0.4) is 0 Å². The molecule has 0 unspecified atom stereocenters. The number of nitrogens with one attached hydrogen (secondary N) is 2. The SMILES string of the molecule is COC(=O)c1ccc2c(c1)NC(=O)C2=C(Nc1ccc(N(C)C(=O)CCN(C)C)cc1)c1ccc2scnc2c1. The van der Waals surface area contributed by atoms with Crippen LogP contribution in [0.25, 0.3) is 21.5 Å². The van der Waals surface area contributed by atoms with Crippen molar-refractivity contribution in [3.8, 4) is 0 Å². The fourth-order valence-corrected chi connectivity index (χ4v) is 5.16. The summed E-state index contributed by atoms with van der Waals surface area (Å²) in [6, 6.07) is 18.4. The van der Waals surface area contributed by atoms with Crippen molar-refractivity contribution in [1.29, 1.82) is 0 Å². The lowest BCUT2D eigenvalue weighted by atomic mass is 9.98. The zero-order chi connectivity index (χ0) is 28.4. The Labute approximate surface area is 236 Å². The molecule has 1 aliphatic heterocycles. The summed E-state index contributed by atoms with van der Waals surface area (Å²) in [6.07, 6.45) is 0.422. The third-order valence-electron chi connectivity index (χ3n) is 6.73. The molecule has 0 spiro atoms. The molecule has 40 heavy (non-hydrogen) atoms. The maximum atomic E-state index is 13.3. The number of methoxy groups -OCH3 is 1. The van der Waals surface area contributed by atoms with Crippen molar-refractivity contribution in [2.24, 2.45) is 0 Å². The van der Waals surface area contributed by atoms with Crippen molar-refractivity contribution in [2.45, 2.75) is 6.42 Å². The standard InChI is InChI=1S/C30H29N5O4S/c1-34(2)14-13-26(36)35(3)21-9-7-20(8-10-21)32-28(18-6-12-25-24(15-18)31-17-40-25)27-22-11-5-19(30(38)39-4)16-23(22)33-29(27)37/h5-12,15-17,32H,13-14H2,1-4H3,(H,33,37). The molecule has 0 saturated heterocycles. The molecule has 2 amide bonds. The summed E-state index contributed by atoms with van der Waals surface area (Å²) >= 11 is 1.55. The molecule has 0 atom stereocenters. The second-order valence-corrected chi connectivity index (χ2v) is 10.6. The van der Waals surface area contributed by atoms with E-state index in [1.807, 2.05) is 61.5 Å². The van der Waals surface area contributed by atoms with E-state index >= 15 is 0 Å². The monoisotopic (exact) mass is 555 g/mol. The summed E-state index contributed by atoms with van der Waals surface area (Å²) in [6.45, 7) is 0.674. The number of anilines is 3. The van der Waals surface area contributed by atoms with Gasteiger partial charge in [0.25, 0.3) is 5.91 Å². The van der Waals surface area contributed by atoms with E-state index in [1.54, 1.807) is 47.0 Å². The first-order valence-corrected chi connectivity index (χ1v) is 13.5. The van der Waals surface area contributed by atoms with Gasteiger partial charge in [-0.25, -0.2) is 9.78 Å². The Kier molecular flexibility index (Phi) is 7.63. The highest BCUT2D eigenvalue weighted by Crippen LogP contribution is 2.39. The minimum absolute atomic E-state index is 0.0272. The molecular weight excluding hydrogens is 526 g/mol. The Morgan fingerprint density at radius 2 is 1.75 bits per heavy atom. The van der Waals surface area contributed by atoms with Crippen molar-refractivity contribution < 1.29 is 19.1 Å². The highest BCUT2D eigenvalue weighted by atomic mass is 32.1. The molecular formula is C30H29N5O4S. The van der Waals surface area contributed by atoms with Crippen molar-refractivity contribution in [2.75, 3.05) is 50.3 Å². The van der Waals surface area contributed by atoms with Crippen LogP contribution in [0.4, 0.5) is 17.1 Å². The Morgan fingerprint density at radius 1 is 1.00 bits per heavy atom. The Hall–Kier alpha value is -4.54. The number of aromatic nitrogens is 1. The van der Waals surface area contributed by atoms with Crippen molar-refractivity contribution in [1.82, 2.24) is 9.88 Å². The first-order chi connectivity index (χ1) is 19.2. The molecule has 10 heteroatoms. The normalized spacial score (nSPS) is 13.7. The predicted octanol–water partition coefficient (Wildman–Crippen LogP) is 4.93. The molecule has 1 aromatic heterocycles. The maximum absolute atomic E-state index is 13.3. The third-order valence-corrected chi connectivity index (χ3v) is 7.54. The average Bonchev–Trinajstić information content (AvgIpc) is 3.56. The fraction of sp³-hybridized carbons (Fsp3) is 0.200. The highest BCUT2D eigenvalue weighted by Gasteiger charge is 2.29. The van der Waals surface area contributed by atoms with E-state index in [4.69, 9.17) is 4.74 Å². The number of hydrogen-bond donors (Lipinski definition) is 2. The smallest absolute Gasteiger partial charge is 0.337 e. The van der Waals surface area contributed by atoms with Gasteiger partial charge in [0.2, 0.25) is 5.91 Å². The maximum Gasteiger partial charge on any atom is 0.337 e. The number of thiazole rings is 1. The van der Waals surface area contributed by atoms with Crippen LogP contribution in [0.5, 0.6) is 0 Å². The fourth-order valence-electron chi connectivity index (χ4n) is 4.50. The van der Waals surface area contributed by atoms with E-state index in [9.17, 15) is 14.4 Å². The molecule has 2 N–H and O–H groups in total. The molecule has 1 aliphatic rings. The predicted molar refractivity (Wildman–Crippen MR) is 159 cm³/mol. The van der Waals surface area contributed by atoms with Crippen LogP contribution in [-0.4, -0.2) is 62.5 Å². The Balaban J connectivity index is 1.53. The van der Waals surface area contributed by atoms with Gasteiger partial charge in [-0.05, 0) is 62.6 Å². The van der Waals surface area contributed by atoms with Crippen LogP contribution in [0, 0.1) is 0 Å². The van der Waals surface area contributed by atoms with Gasteiger partial charge in [-0.1, -0.05) is 12.1 Å². The zero-order valence-corrected chi connectivity index (χ0v) is 23.5. The van der Waals surface area contributed by atoms with E-state index in [2.05, 4.69) is 15.6 Å². The molecule has 3 aromatic carbocycles. The summed E-state index contributed by atoms with van der Waals surface area (Å²) in [5, 5.41) is 6.33. The molecule has 0 bridgehead atoms. The molecule has 9 nitrogen and oxygen atoms in total. The van der Waals surface area contributed by atoms with E-state index in [0.29, 0.717) is 41.1 Å². The number of esters is 1. The van der Waals surface area contributed by atoms with E-state index in [0.717, 1.165) is 27.2 Å².